The van der Waals surface area contributed by atoms with Crippen molar-refractivity contribution in [3.63, 3.8) is 0 Å². The first-order chi connectivity index (χ1) is 7.80. The minimum Gasteiger partial charge on any atom is -0.465 e. The Labute approximate surface area is 102 Å². The van der Waals surface area contributed by atoms with Gasteiger partial charge in [0.05, 0.1) is 6.61 Å². The summed E-state index contributed by atoms with van der Waals surface area (Å²) in [5.41, 5.74) is 0.105. The van der Waals surface area contributed by atoms with Crippen LogP contribution in [-0.4, -0.2) is 64.9 Å². The predicted molar refractivity (Wildman–Crippen MR) is 63.9 cm³/mol. The van der Waals surface area contributed by atoms with Crippen LogP contribution in [0.5, 0.6) is 0 Å². The molecule has 98 valence electrons. The Morgan fingerprint density at radius 1 is 1.35 bits per heavy atom. The molecule has 0 bridgehead atoms. The zero-order valence-electron chi connectivity index (χ0n) is 10.8. The molecule has 0 aromatic carbocycles. The molecule has 5 nitrogen and oxygen atoms in total. The van der Waals surface area contributed by atoms with E-state index in [0.717, 1.165) is 13.1 Å². The molecule has 2 N–H and O–H groups in total. The summed E-state index contributed by atoms with van der Waals surface area (Å²) in [6.07, 6.45) is -0.809. The van der Waals surface area contributed by atoms with Crippen molar-refractivity contribution in [2.45, 2.75) is 26.8 Å². The van der Waals surface area contributed by atoms with Crippen molar-refractivity contribution in [2.24, 2.45) is 10.8 Å². The Morgan fingerprint density at radius 3 is 2.35 bits per heavy atom. The van der Waals surface area contributed by atoms with Crippen LogP contribution in [-0.2, 0) is 0 Å². The average molecular weight is 242 g/mol. The maximum Gasteiger partial charge on any atom is 0.407 e. The van der Waals surface area contributed by atoms with Gasteiger partial charge in [0.15, 0.2) is 0 Å². The molecule has 2 heterocycles. The van der Waals surface area contributed by atoms with Gasteiger partial charge in [-0.05, 0) is 5.41 Å². The molecule has 0 saturated carbocycles. The van der Waals surface area contributed by atoms with Crippen LogP contribution in [0.25, 0.3) is 0 Å². The van der Waals surface area contributed by atoms with Gasteiger partial charge in [-0.3, -0.25) is 4.90 Å². The summed E-state index contributed by atoms with van der Waals surface area (Å²) in [5.74, 6) is 0. The van der Waals surface area contributed by atoms with Crippen molar-refractivity contribution in [3.05, 3.63) is 0 Å². The third-order valence-corrected chi connectivity index (χ3v) is 3.94. The average Bonchev–Trinajstić information content (AvgIpc) is 2.03. The number of aliphatic hydroxyl groups excluding tert-OH is 1. The van der Waals surface area contributed by atoms with Gasteiger partial charge in [-0.25, -0.2) is 4.79 Å². The van der Waals surface area contributed by atoms with Gasteiger partial charge in [0.25, 0.3) is 0 Å². The molecule has 17 heavy (non-hydrogen) atoms. The Bertz CT molecular complexity index is 318. The molecule has 5 heteroatoms. The third kappa shape index (κ3) is 1.91. The van der Waals surface area contributed by atoms with Crippen molar-refractivity contribution < 1.29 is 15.0 Å². The summed E-state index contributed by atoms with van der Waals surface area (Å²) in [4.78, 5) is 14.9. The lowest BCUT2D eigenvalue weighted by Crippen LogP contribution is -2.80. The first-order valence-corrected chi connectivity index (χ1v) is 6.13. The monoisotopic (exact) mass is 242 g/mol. The van der Waals surface area contributed by atoms with Crippen molar-refractivity contribution >= 4 is 6.09 Å². The molecule has 2 aliphatic heterocycles. The largest absolute Gasteiger partial charge is 0.465 e. The number of carbonyl (C=O) groups is 1. The van der Waals surface area contributed by atoms with Gasteiger partial charge in [-0.2, -0.15) is 0 Å². The molecule has 1 unspecified atom stereocenters. The zero-order valence-corrected chi connectivity index (χ0v) is 10.8. The minimum absolute atomic E-state index is 0.0258. The first kappa shape index (κ1) is 12.6. The lowest BCUT2D eigenvalue weighted by Gasteiger charge is -2.68. The maximum atomic E-state index is 11.1. The Morgan fingerprint density at radius 2 is 1.94 bits per heavy atom. The SMILES string of the molecule is CC(C)(C)C1N(C(=O)O)CC12CN(CCO)C2. The summed E-state index contributed by atoms with van der Waals surface area (Å²) in [6, 6.07) is 0.0995. The van der Waals surface area contributed by atoms with Gasteiger partial charge in [0, 0.05) is 37.6 Å². The zero-order chi connectivity index (χ0) is 12.8. The van der Waals surface area contributed by atoms with Crippen LogP contribution in [0.15, 0.2) is 0 Å². The van der Waals surface area contributed by atoms with E-state index in [2.05, 4.69) is 25.7 Å². The van der Waals surface area contributed by atoms with E-state index in [1.807, 2.05) is 0 Å². The van der Waals surface area contributed by atoms with E-state index in [-0.39, 0.29) is 23.5 Å². The standard InChI is InChI=1S/C12H22N2O3/c1-11(2,3)9-12(8-14(9)10(16)17)6-13(7-12)4-5-15/h9,15H,4-8H2,1-3H3,(H,16,17). The van der Waals surface area contributed by atoms with Gasteiger partial charge in [0.2, 0.25) is 0 Å². The third-order valence-electron chi connectivity index (χ3n) is 3.94. The summed E-state index contributed by atoms with van der Waals surface area (Å²) in [7, 11) is 0. The van der Waals surface area contributed by atoms with Crippen molar-refractivity contribution in [2.75, 3.05) is 32.8 Å². The van der Waals surface area contributed by atoms with E-state index in [9.17, 15) is 4.79 Å². The van der Waals surface area contributed by atoms with Gasteiger partial charge in [-0.15, -0.1) is 0 Å². The van der Waals surface area contributed by atoms with Gasteiger partial charge < -0.3 is 15.1 Å². The number of nitrogens with zero attached hydrogens (tertiary/aromatic N) is 2. The number of hydrogen-bond donors (Lipinski definition) is 2. The molecule has 2 rings (SSSR count). The van der Waals surface area contributed by atoms with E-state index in [0.29, 0.717) is 13.1 Å². The molecule has 2 aliphatic rings. The number of hydrogen-bond acceptors (Lipinski definition) is 3. The fourth-order valence-electron chi connectivity index (χ4n) is 3.72. The van der Waals surface area contributed by atoms with E-state index in [4.69, 9.17) is 10.2 Å². The van der Waals surface area contributed by atoms with Crippen molar-refractivity contribution in [1.82, 2.24) is 9.80 Å². The summed E-state index contributed by atoms with van der Waals surface area (Å²) in [6.45, 7) is 9.66. The van der Waals surface area contributed by atoms with Crippen LogP contribution in [0.3, 0.4) is 0 Å². The fourth-order valence-corrected chi connectivity index (χ4v) is 3.72. The molecular weight excluding hydrogens is 220 g/mol. The molecule has 1 atom stereocenters. The number of rotatable bonds is 2. The number of aliphatic hydroxyl groups is 1. The highest BCUT2D eigenvalue weighted by atomic mass is 16.4. The lowest BCUT2D eigenvalue weighted by atomic mass is 9.58. The summed E-state index contributed by atoms with van der Waals surface area (Å²) in [5, 5.41) is 18.0. The molecule has 0 aliphatic carbocycles. The smallest absolute Gasteiger partial charge is 0.407 e. The quantitative estimate of drug-likeness (QED) is 0.748. The molecule has 0 radical (unpaired) electrons. The van der Waals surface area contributed by atoms with Crippen molar-refractivity contribution in [1.29, 1.82) is 0 Å². The highest BCUT2D eigenvalue weighted by molar-refractivity contribution is 5.67. The molecule has 2 fully saturated rings. The molecule has 1 spiro atoms. The van der Waals surface area contributed by atoms with Gasteiger partial charge >= 0.3 is 6.09 Å². The molecule has 0 aromatic heterocycles. The minimum atomic E-state index is -0.809. The Balaban J connectivity index is 2.05. The van der Waals surface area contributed by atoms with Crippen LogP contribution in [0.4, 0.5) is 4.79 Å². The number of amides is 1. The first-order valence-electron chi connectivity index (χ1n) is 6.13. The number of β-amino-alcohol motifs (C(OH)–C–C–N with tert-alkyl or cyclic N) is 1. The normalized spacial score (nSPS) is 27.8. The molecule has 1 amide bonds. The maximum absolute atomic E-state index is 11.1. The number of carboxylic acid groups (broad SMARTS) is 1. The van der Waals surface area contributed by atoms with Crippen LogP contribution in [0.2, 0.25) is 0 Å². The van der Waals surface area contributed by atoms with Crippen LogP contribution in [0.1, 0.15) is 20.8 Å². The van der Waals surface area contributed by atoms with E-state index < -0.39 is 6.09 Å². The van der Waals surface area contributed by atoms with E-state index >= 15 is 0 Å². The highest BCUT2D eigenvalue weighted by Gasteiger charge is 2.63. The highest BCUT2D eigenvalue weighted by Crippen LogP contribution is 2.51. The molecule has 0 aromatic rings. The summed E-state index contributed by atoms with van der Waals surface area (Å²) >= 11 is 0. The predicted octanol–water partition coefficient (Wildman–Crippen LogP) is 0.689. The summed E-state index contributed by atoms with van der Waals surface area (Å²) < 4.78 is 0. The second kappa shape index (κ2) is 3.85. The Hall–Kier alpha value is -0.810. The molecular formula is C12H22N2O3. The van der Waals surface area contributed by atoms with Crippen molar-refractivity contribution in [3.8, 4) is 0 Å². The van der Waals surface area contributed by atoms with Crippen LogP contribution < -0.4 is 0 Å². The lowest BCUT2D eigenvalue weighted by molar-refractivity contribution is -0.184. The molecule has 2 saturated heterocycles. The fraction of sp³-hybridized carbons (Fsp3) is 0.917. The van der Waals surface area contributed by atoms with E-state index in [1.165, 1.54) is 0 Å². The second-order valence-corrected chi connectivity index (χ2v) is 6.48. The number of likely N-dealkylation sites (tertiary alicyclic amines) is 2. The van der Waals surface area contributed by atoms with E-state index in [1.54, 1.807) is 4.90 Å². The van der Waals surface area contributed by atoms with Crippen LogP contribution >= 0.6 is 0 Å². The van der Waals surface area contributed by atoms with Crippen LogP contribution in [0, 0.1) is 10.8 Å². The topological polar surface area (TPSA) is 64.0 Å². The van der Waals surface area contributed by atoms with Gasteiger partial charge in [-0.1, -0.05) is 20.8 Å². The van der Waals surface area contributed by atoms with Gasteiger partial charge in [0.1, 0.15) is 0 Å². The Kier molecular flexibility index (Phi) is 2.86. The second-order valence-electron chi connectivity index (χ2n) is 6.48.